The summed E-state index contributed by atoms with van der Waals surface area (Å²) < 4.78 is 33.1. The number of nitrogens with zero attached hydrogens (tertiary/aromatic N) is 2. The first-order valence-corrected chi connectivity index (χ1v) is 12.1. The van der Waals surface area contributed by atoms with E-state index >= 15 is 0 Å². The average molecular weight is 446 g/mol. The standard InChI is InChI=1S/C21H23N3O4S2/c1-28-19-12-17(16-7-2-3-8-18(16)23-19)21(25)24-10-4-6-15(14-24)13-22-30(26,27)20-9-5-11-29-20/h2-3,5,7-9,11-12,15,22H,4,6,10,13-14H2,1H3. The number of methoxy groups -OCH3 is 1. The van der Waals surface area contributed by atoms with Crippen LogP contribution in [0.4, 0.5) is 0 Å². The molecule has 1 aromatic carbocycles. The maximum Gasteiger partial charge on any atom is 0.254 e. The van der Waals surface area contributed by atoms with E-state index in [1.165, 1.54) is 18.4 Å². The van der Waals surface area contributed by atoms with Gasteiger partial charge in [-0.25, -0.2) is 18.1 Å². The van der Waals surface area contributed by atoms with Crippen LogP contribution in [0.3, 0.4) is 0 Å². The number of para-hydroxylation sites is 1. The number of rotatable bonds is 6. The van der Waals surface area contributed by atoms with Gasteiger partial charge < -0.3 is 9.64 Å². The van der Waals surface area contributed by atoms with Gasteiger partial charge in [0.05, 0.1) is 18.2 Å². The number of aromatic nitrogens is 1. The summed E-state index contributed by atoms with van der Waals surface area (Å²) in [4.78, 5) is 19.5. The molecule has 3 aromatic rings. The highest BCUT2D eigenvalue weighted by molar-refractivity contribution is 7.91. The van der Waals surface area contributed by atoms with E-state index in [9.17, 15) is 13.2 Å². The minimum atomic E-state index is -3.50. The summed E-state index contributed by atoms with van der Waals surface area (Å²) in [7, 11) is -1.97. The Bertz CT molecular complexity index is 1150. The first-order valence-electron chi connectivity index (χ1n) is 9.74. The third-order valence-electron chi connectivity index (χ3n) is 5.26. The second-order valence-electron chi connectivity index (χ2n) is 7.27. The molecule has 3 heterocycles. The SMILES string of the molecule is COc1cc(C(=O)N2CCCC(CNS(=O)(=O)c3cccs3)C2)c2ccccc2n1. The molecule has 9 heteroatoms. The van der Waals surface area contributed by atoms with Gasteiger partial charge in [-0.3, -0.25) is 4.79 Å². The topological polar surface area (TPSA) is 88.6 Å². The molecule has 30 heavy (non-hydrogen) atoms. The summed E-state index contributed by atoms with van der Waals surface area (Å²) in [6.45, 7) is 1.46. The number of benzene rings is 1. The zero-order valence-electron chi connectivity index (χ0n) is 16.6. The normalized spacial score (nSPS) is 17.2. The largest absolute Gasteiger partial charge is 0.481 e. The van der Waals surface area contributed by atoms with Crippen LogP contribution in [0.2, 0.25) is 0 Å². The van der Waals surface area contributed by atoms with Crippen LogP contribution in [-0.2, 0) is 10.0 Å². The fourth-order valence-electron chi connectivity index (χ4n) is 3.73. The number of hydrogen-bond acceptors (Lipinski definition) is 6. The number of thiophene rings is 1. The van der Waals surface area contributed by atoms with Gasteiger partial charge in [-0.15, -0.1) is 11.3 Å². The van der Waals surface area contributed by atoms with Crippen molar-refractivity contribution in [3.8, 4) is 5.88 Å². The van der Waals surface area contributed by atoms with Gasteiger partial charge >= 0.3 is 0 Å². The zero-order chi connectivity index (χ0) is 21.1. The summed E-state index contributed by atoms with van der Waals surface area (Å²) >= 11 is 1.19. The van der Waals surface area contributed by atoms with Crippen LogP contribution in [-0.4, -0.2) is 51.0 Å². The first-order chi connectivity index (χ1) is 14.5. The predicted octanol–water partition coefficient (Wildman–Crippen LogP) is 3.14. The van der Waals surface area contributed by atoms with E-state index in [1.54, 1.807) is 28.5 Å². The van der Waals surface area contributed by atoms with Gasteiger partial charge in [0.15, 0.2) is 0 Å². The third-order valence-corrected chi connectivity index (χ3v) is 8.08. The number of likely N-dealkylation sites (tertiary alicyclic amines) is 1. The number of carbonyl (C=O) groups excluding carboxylic acids is 1. The molecule has 1 unspecified atom stereocenters. The van der Waals surface area contributed by atoms with E-state index in [0.717, 1.165) is 18.2 Å². The number of fused-ring (bicyclic) bond motifs is 1. The summed E-state index contributed by atoms with van der Waals surface area (Å²) in [5.74, 6) is 0.375. The Morgan fingerprint density at radius 2 is 2.13 bits per heavy atom. The van der Waals surface area contributed by atoms with Crippen molar-refractivity contribution >= 4 is 38.2 Å². The molecular formula is C21H23N3O4S2. The van der Waals surface area contributed by atoms with Crippen molar-refractivity contribution in [2.45, 2.75) is 17.1 Å². The third kappa shape index (κ3) is 4.33. The minimum Gasteiger partial charge on any atom is -0.481 e. The lowest BCUT2D eigenvalue weighted by molar-refractivity contribution is 0.0678. The molecule has 0 aliphatic carbocycles. The van der Waals surface area contributed by atoms with Crippen molar-refractivity contribution in [1.29, 1.82) is 0 Å². The van der Waals surface area contributed by atoms with Gasteiger partial charge in [0.1, 0.15) is 4.21 Å². The second kappa shape index (κ2) is 8.71. The van der Waals surface area contributed by atoms with Gasteiger partial charge in [-0.2, -0.15) is 0 Å². The van der Waals surface area contributed by atoms with E-state index in [2.05, 4.69) is 9.71 Å². The van der Waals surface area contributed by atoms with Crippen molar-refractivity contribution in [1.82, 2.24) is 14.6 Å². The van der Waals surface area contributed by atoms with Gasteiger partial charge in [0.25, 0.3) is 5.91 Å². The Balaban J connectivity index is 1.50. The van der Waals surface area contributed by atoms with Crippen LogP contribution >= 0.6 is 11.3 Å². The van der Waals surface area contributed by atoms with E-state index < -0.39 is 10.0 Å². The van der Waals surface area contributed by atoms with E-state index in [4.69, 9.17) is 4.74 Å². The molecule has 1 aliphatic rings. The fraction of sp³-hybridized carbons (Fsp3) is 0.333. The summed E-state index contributed by atoms with van der Waals surface area (Å²) in [6, 6.07) is 12.5. The highest BCUT2D eigenvalue weighted by atomic mass is 32.2. The van der Waals surface area contributed by atoms with Gasteiger partial charge in [-0.1, -0.05) is 24.3 Å². The van der Waals surface area contributed by atoms with Crippen molar-refractivity contribution < 1.29 is 17.9 Å². The van der Waals surface area contributed by atoms with Crippen LogP contribution in [0, 0.1) is 5.92 Å². The molecule has 0 bridgehead atoms. The number of sulfonamides is 1. The predicted molar refractivity (Wildman–Crippen MR) is 116 cm³/mol. The van der Waals surface area contributed by atoms with E-state index in [1.807, 2.05) is 24.3 Å². The monoisotopic (exact) mass is 445 g/mol. The molecule has 1 amide bonds. The Labute approximate surface area is 179 Å². The Morgan fingerprint density at radius 3 is 2.90 bits per heavy atom. The lowest BCUT2D eigenvalue weighted by Crippen LogP contribution is -2.43. The molecule has 7 nitrogen and oxygen atoms in total. The Kier molecular flexibility index (Phi) is 6.03. The molecule has 0 saturated carbocycles. The molecule has 1 N–H and O–H groups in total. The maximum atomic E-state index is 13.3. The van der Waals surface area contributed by atoms with Crippen LogP contribution in [0.5, 0.6) is 5.88 Å². The number of nitrogens with one attached hydrogen (secondary N) is 1. The average Bonchev–Trinajstić information content (AvgIpc) is 3.33. The lowest BCUT2D eigenvalue weighted by Gasteiger charge is -2.33. The number of piperidine rings is 1. The molecule has 1 saturated heterocycles. The summed E-state index contributed by atoms with van der Waals surface area (Å²) in [5.41, 5.74) is 1.26. The van der Waals surface area contributed by atoms with Crippen molar-refractivity contribution in [2.24, 2.45) is 5.92 Å². The van der Waals surface area contributed by atoms with E-state index in [-0.39, 0.29) is 11.8 Å². The smallest absolute Gasteiger partial charge is 0.254 e. The van der Waals surface area contributed by atoms with E-state index in [0.29, 0.717) is 40.8 Å². The minimum absolute atomic E-state index is 0.0624. The van der Waals surface area contributed by atoms with Crippen LogP contribution in [0.25, 0.3) is 10.9 Å². The van der Waals surface area contributed by atoms with Crippen molar-refractivity contribution in [3.05, 3.63) is 53.4 Å². The Morgan fingerprint density at radius 1 is 1.30 bits per heavy atom. The highest BCUT2D eigenvalue weighted by Gasteiger charge is 2.27. The van der Waals surface area contributed by atoms with Crippen molar-refractivity contribution in [2.75, 3.05) is 26.7 Å². The van der Waals surface area contributed by atoms with Gasteiger partial charge in [-0.05, 0) is 36.3 Å². The van der Waals surface area contributed by atoms with Crippen LogP contribution in [0.15, 0.2) is 52.1 Å². The molecule has 4 rings (SSSR count). The zero-order valence-corrected chi connectivity index (χ0v) is 18.2. The molecule has 0 spiro atoms. The van der Waals surface area contributed by atoms with Crippen molar-refractivity contribution in [3.63, 3.8) is 0 Å². The van der Waals surface area contributed by atoms with Crippen LogP contribution in [0.1, 0.15) is 23.2 Å². The number of pyridine rings is 1. The maximum absolute atomic E-state index is 13.3. The molecule has 1 aliphatic heterocycles. The molecule has 1 atom stereocenters. The number of amides is 1. The molecule has 1 fully saturated rings. The second-order valence-corrected chi connectivity index (χ2v) is 10.2. The van der Waals surface area contributed by atoms with Crippen LogP contribution < -0.4 is 9.46 Å². The number of ether oxygens (including phenoxy) is 1. The first kappa shape index (κ1) is 20.8. The quantitative estimate of drug-likeness (QED) is 0.630. The van der Waals surface area contributed by atoms with Gasteiger partial charge in [0, 0.05) is 31.1 Å². The summed E-state index contributed by atoms with van der Waals surface area (Å²) in [5, 5.41) is 2.52. The molecule has 2 aromatic heterocycles. The number of carbonyl (C=O) groups is 1. The number of hydrogen-bond donors (Lipinski definition) is 1. The molecule has 0 radical (unpaired) electrons. The Hall–Kier alpha value is -2.49. The molecule has 158 valence electrons. The van der Waals surface area contributed by atoms with Gasteiger partial charge in [0.2, 0.25) is 15.9 Å². The lowest BCUT2D eigenvalue weighted by atomic mass is 9.97. The summed E-state index contributed by atoms with van der Waals surface area (Å²) in [6.07, 6.45) is 1.70. The highest BCUT2D eigenvalue weighted by Crippen LogP contribution is 2.26. The fourth-order valence-corrected chi connectivity index (χ4v) is 5.89. The molecular weight excluding hydrogens is 422 g/mol.